The average Bonchev–Trinajstić information content (AvgIpc) is 3.31. The highest BCUT2D eigenvalue weighted by atomic mass is 19.4. The van der Waals surface area contributed by atoms with Gasteiger partial charge >= 0.3 is 18.1 Å². The zero-order valence-electron chi connectivity index (χ0n) is 24.6. The third-order valence-corrected chi connectivity index (χ3v) is 6.12. The van der Waals surface area contributed by atoms with E-state index >= 15 is 0 Å². The van der Waals surface area contributed by atoms with Crippen molar-refractivity contribution in [2.75, 3.05) is 34.1 Å². The zero-order chi connectivity index (χ0) is 32.1. The Morgan fingerprint density at radius 3 is 2.18 bits per heavy atom. The van der Waals surface area contributed by atoms with Crippen molar-refractivity contribution in [3.8, 4) is 0 Å². The Morgan fingerprint density at radius 2 is 1.57 bits per heavy atom. The van der Waals surface area contributed by atoms with Gasteiger partial charge in [0.25, 0.3) is 5.91 Å². The first kappa shape index (κ1) is 33.4. The Labute approximate surface area is 253 Å². The van der Waals surface area contributed by atoms with Crippen LogP contribution in [0.25, 0.3) is 0 Å². The predicted octanol–water partition coefficient (Wildman–Crippen LogP) is 6.52. The number of carbonyl (C=O) groups is 3. The number of esters is 1. The molecule has 0 aliphatic carbocycles. The number of nitrogens with zero attached hydrogens (tertiary/aromatic N) is 2. The number of ether oxygens (including phenoxy) is 1. The third kappa shape index (κ3) is 9.45. The first-order chi connectivity index (χ1) is 21.1. The summed E-state index contributed by atoms with van der Waals surface area (Å²) in [6, 6.07) is 22.8. The maximum absolute atomic E-state index is 13.2. The normalized spacial score (nSPS) is 13.5. The molecule has 0 bridgehead atoms. The largest absolute Gasteiger partial charge is 0.471 e. The second-order valence-electron chi connectivity index (χ2n) is 9.25. The van der Waals surface area contributed by atoms with Crippen LogP contribution in [0.3, 0.4) is 0 Å². The number of halogens is 3. The molecule has 9 nitrogen and oxygen atoms in total. The Balaban J connectivity index is 0.000000502. The molecule has 1 aliphatic rings. The minimum absolute atomic E-state index is 0.105. The van der Waals surface area contributed by atoms with E-state index in [0.29, 0.717) is 0 Å². The van der Waals surface area contributed by atoms with Gasteiger partial charge in [0.2, 0.25) is 0 Å². The fourth-order valence-electron chi connectivity index (χ4n) is 4.02. The van der Waals surface area contributed by atoms with Gasteiger partial charge < -0.3 is 20.7 Å². The molecule has 1 aliphatic heterocycles. The maximum Gasteiger partial charge on any atom is 0.471 e. The molecule has 0 radical (unpaired) electrons. The number of benzene rings is 3. The summed E-state index contributed by atoms with van der Waals surface area (Å²) in [4.78, 5) is 36.4. The van der Waals surface area contributed by atoms with Crippen molar-refractivity contribution in [2.45, 2.75) is 39.8 Å². The summed E-state index contributed by atoms with van der Waals surface area (Å²) in [5.74, 6) is -3.22. The van der Waals surface area contributed by atoms with Gasteiger partial charge in [-0.1, -0.05) is 43.3 Å². The van der Waals surface area contributed by atoms with Crippen molar-refractivity contribution in [1.82, 2.24) is 0 Å². The monoisotopic (exact) mass is 609 g/mol. The topological polar surface area (TPSA) is 112 Å². The van der Waals surface area contributed by atoms with Gasteiger partial charge in [-0.15, -0.1) is 0 Å². The highest BCUT2D eigenvalue weighted by molar-refractivity contribution is 6.32. The number of hydrogen-bond acceptors (Lipinski definition) is 7. The molecule has 0 spiro atoms. The van der Waals surface area contributed by atoms with Crippen molar-refractivity contribution in [2.24, 2.45) is 5.10 Å². The molecule has 44 heavy (non-hydrogen) atoms. The Bertz CT molecular complexity index is 1490. The van der Waals surface area contributed by atoms with Crippen LogP contribution in [0.5, 0.6) is 0 Å². The fraction of sp³-hybridized carbons (Fsp3) is 0.250. The Hall–Kier alpha value is -5.13. The lowest BCUT2D eigenvalue weighted by Gasteiger charge is -2.13. The smallest absolute Gasteiger partial charge is 0.466 e. The van der Waals surface area contributed by atoms with E-state index in [1.807, 2.05) is 49.4 Å². The molecule has 0 aromatic heterocycles. The Kier molecular flexibility index (Phi) is 12.1. The van der Waals surface area contributed by atoms with Gasteiger partial charge in [0.05, 0.1) is 30.0 Å². The van der Waals surface area contributed by atoms with Crippen molar-refractivity contribution < 1.29 is 32.3 Å². The van der Waals surface area contributed by atoms with Crippen molar-refractivity contribution in [1.29, 1.82) is 0 Å². The van der Waals surface area contributed by atoms with Gasteiger partial charge in [0.1, 0.15) is 0 Å². The highest BCUT2D eigenvalue weighted by Gasteiger charge is 2.38. The van der Waals surface area contributed by atoms with E-state index in [-0.39, 0.29) is 35.7 Å². The van der Waals surface area contributed by atoms with Crippen LogP contribution < -0.4 is 21.0 Å². The van der Waals surface area contributed by atoms with E-state index in [0.717, 1.165) is 29.2 Å². The summed E-state index contributed by atoms with van der Waals surface area (Å²) >= 11 is 0. The van der Waals surface area contributed by atoms with Crippen LogP contribution in [0.2, 0.25) is 0 Å². The molecule has 0 saturated heterocycles. The number of alkyl halides is 3. The van der Waals surface area contributed by atoms with E-state index in [9.17, 15) is 27.6 Å². The van der Waals surface area contributed by atoms with Gasteiger partial charge in [-0.05, 0) is 68.3 Å². The van der Waals surface area contributed by atoms with E-state index in [1.165, 1.54) is 36.2 Å². The lowest BCUT2D eigenvalue weighted by Crippen LogP contribution is -2.29. The number of anilines is 4. The minimum atomic E-state index is -5.03. The van der Waals surface area contributed by atoms with Crippen LogP contribution in [0, 0.1) is 0 Å². The molecule has 232 valence electrons. The van der Waals surface area contributed by atoms with Crippen molar-refractivity contribution in [3.05, 3.63) is 96.2 Å². The number of rotatable bonds is 10. The third-order valence-electron chi connectivity index (χ3n) is 6.12. The molecule has 0 unspecified atom stereocenters. The van der Waals surface area contributed by atoms with Crippen molar-refractivity contribution >= 4 is 46.2 Å². The average molecular weight is 610 g/mol. The van der Waals surface area contributed by atoms with E-state index < -0.39 is 24.0 Å². The summed E-state index contributed by atoms with van der Waals surface area (Å²) in [6.45, 7) is 6.89. The number of aryl methyl sites for hydroxylation is 1. The number of hydrazone groups is 1. The van der Waals surface area contributed by atoms with Crippen LogP contribution >= 0.6 is 0 Å². The number of amides is 2. The number of hydrogen-bond donors (Lipinski definition) is 3. The van der Waals surface area contributed by atoms with Gasteiger partial charge in [0, 0.05) is 29.8 Å². The van der Waals surface area contributed by atoms with Crippen LogP contribution in [0.4, 0.5) is 35.9 Å². The number of carbonyl (C=O) groups excluding carboxylic acids is 3. The van der Waals surface area contributed by atoms with Crippen LogP contribution in [-0.4, -0.2) is 42.8 Å². The molecule has 2 amide bonds. The van der Waals surface area contributed by atoms with Crippen LogP contribution in [0.15, 0.2) is 95.7 Å². The second kappa shape index (κ2) is 15.9. The molecule has 0 fully saturated rings. The SMILES string of the molecule is CCNc1ccccc1.CCOC(=O)CC1=NN(c2ccc(NC(=O)C(F)(F)F)cc2)C(=O)C1=CNc1ccccc1CC. The lowest BCUT2D eigenvalue weighted by atomic mass is 10.1. The second-order valence-corrected chi connectivity index (χ2v) is 9.25. The zero-order valence-corrected chi connectivity index (χ0v) is 24.6. The van der Waals surface area contributed by atoms with Gasteiger partial charge in [-0.25, -0.2) is 0 Å². The molecule has 4 rings (SSSR count). The molecule has 3 N–H and O–H groups in total. The number of nitrogens with one attached hydrogen (secondary N) is 3. The van der Waals surface area contributed by atoms with Gasteiger partial charge in [-0.3, -0.25) is 14.4 Å². The molecular formula is C32H34F3N5O4. The summed E-state index contributed by atoms with van der Waals surface area (Å²) in [5.41, 5.74) is 3.44. The Morgan fingerprint density at radius 1 is 0.909 bits per heavy atom. The molecule has 0 saturated carbocycles. The number of para-hydroxylation sites is 2. The molecular weight excluding hydrogens is 575 g/mol. The van der Waals surface area contributed by atoms with Crippen LogP contribution in [0.1, 0.15) is 32.8 Å². The highest BCUT2D eigenvalue weighted by Crippen LogP contribution is 2.27. The first-order valence-corrected chi connectivity index (χ1v) is 14.0. The summed E-state index contributed by atoms with van der Waals surface area (Å²) in [7, 11) is 0. The quantitative estimate of drug-likeness (QED) is 0.178. The van der Waals surface area contributed by atoms with Gasteiger partial charge in [0.15, 0.2) is 0 Å². The lowest BCUT2D eigenvalue weighted by molar-refractivity contribution is -0.167. The maximum atomic E-state index is 13.2. The predicted molar refractivity (Wildman–Crippen MR) is 165 cm³/mol. The molecule has 3 aromatic carbocycles. The molecule has 0 atom stereocenters. The summed E-state index contributed by atoms with van der Waals surface area (Å²) in [6.07, 6.45) is -3.06. The summed E-state index contributed by atoms with van der Waals surface area (Å²) < 4.78 is 42.4. The molecule has 12 heteroatoms. The van der Waals surface area contributed by atoms with E-state index in [2.05, 4.69) is 34.8 Å². The standard InChI is InChI=1S/C24H23F3N4O4.C8H11N/c1-3-15-7-5-6-8-19(15)28-14-18-20(13-21(32)35-4-2)30-31(22(18)33)17-11-9-16(10-12-17)29-23(34)24(25,26)27;1-2-9-8-6-4-3-5-7-8/h5-12,14,28H,3-4,13H2,1-2H3,(H,29,34);3-7,9H,2H2,1H3. The van der Waals surface area contributed by atoms with E-state index in [1.54, 1.807) is 12.2 Å². The summed E-state index contributed by atoms with van der Waals surface area (Å²) in [5, 5.41) is 13.3. The van der Waals surface area contributed by atoms with E-state index in [4.69, 9.17) is 4.74 Å². The van der Waals surface area contributed by atoms with Crippen molar-refractivity contribution in [3.63, 3.8) is 0 Å². The first-order valence-electron chi connectivity index (χ1n) is 14.0. The van der Waals surface area contributed by atoms with Gasteiger partial charge in [-0.2, -0.15) is 23.3 Å². The minimum Gasteiger partial charge on any atom is -0.466 e. The molecule has 3 aromatic rings. The van der Waals surface area contributed by atoms with Crippen LogP contribution in [-0.2, 0) is 25.5 Å². The molecule has 1 heterocycles. The fourth-order valence-corrected chi connectivity index (χ4v) is 4.02.